The standard InChI is InChI=1S/C17H13N3O6/c1-26-17(23)11-4-2-3-10(7-11)9-19-14-8-12(20(24)25)5-6-13(14)18-15(21)16(19)22/h2-8H,9H2,1H3,(H,18,21). The van der Waals surface area contributed by atoms with Gasteiger partial charge in [0.05, 0.1) is 35.2 Å². The van der Waals surface area contributed by atoms with E-state index in [1.807, 2.05) is 0 Å². The molecule has 26 heavy (non-hydrogen) atoms. The number of aromatic nitrogens is 2. The summed E-state index contributed by atoms with van der Waals surface area (Å²) in [6.07, 6.45) is 0. The van der Waals surface area contributed by atoms with Crippen molar-refractivity contribution in [3.05, 3.63) is 84.4 Å². The maximum Gasteiger partial charge on any atom is 0.337 e. The van der Waals surface area contributed by atoms with Gasteiger partial charge in [0.25, 0.3) is 5.69 Å². The minimum Gasteiger partial charge on any atom is -0.465 e. The number of nitro benzene ring substituents is 1. The predicted octanol–water partition coefficient (Wildman–Crippen LogP) is 1.43. The monoisotopic (exact) mass is 355 g/mol. The molecule has 1 heterocycles. The second kappa shape index (κ2) is 6.63. The number of non-ortho nitro benzene ring substituents is 1. The van der Waals surface area contributed by atoms with Crippen LogP contribution in [-0.2, 0) is 11.3 Å². The Kier molecular flexibility index (Phi) is 4.36. The molecule has 0 aliphatic heterocycles. The highest BCUT2D eigenvalue weighted by atomic mass is 16.6. The molecule has 0 bridgehead atoms. The molecule has 1 N–H and O–H groups in total. The lowest BCUT2D eigenvalue weighted by Gasteiger charge is -2.10. The van der Waals surface area contributed by atoms with Gasteiger partial charge in [0.2, 0.25) is 0 Å². The number of nitrogens with one attached hydrogen (secondary N) is 1. The van der Waals surface area contributed by atoms with Crippen molar-refractivity contribution in [2.45, 2.75) is 6.54 Å². The van der Waals surface area contributed by atoms with Crippen LogP contribution >= 0.6 is 0 Å². The number of hydrogen-bond donors (Lipinski definition) is 1. The second-order valence-corrected chi connectivity index (χ2v) is 5.50. The summed E-state index contributed by atoms with van der Waals surface area (Å²) in [6, 6.07) is 10.2. The van der Waals surface area contributed by atoms with Crippen LogP contribution in [-0.4, -0.2) is 27.6 Å². The third-order valence-electron chi connectivity index (χ3n) is 3.86. The number of nitrogens with zero attached hydrogens (tertiary/aromatic N) is 2. The van der Waals surface area contributed by atoms with Crippen LogP contribution in [0.2, 0.25) is 0 Å². The third-order valence-corrected chi connectivity index (χ3v) is 3.86. The highest BCUT2D eigenvalue weighted by Crippen LogP contribution is 2.18. The molecule has 132 valence electrons. The van der Waals surface area contributed by atoms with E-state index in [9.17, 15) is 24.5 Å². The lowest BCUT2D eigenvalue weighted by atomic mass is 10.1. The average Bonchev–Trinajstić information content (AvgIpc) is 2.64. The van der Waals surface area contributed by atoms with Crippen molar-refractivity contribution < 1.29 is 14.5 Å². The Bertz CT molecular complexity index is 1150. The van der Waals surface area contributed by atoms with Gasteiger partial charge in [-0.05, 0) is 23.8 Å². The molecule has 1 aromatic heterocycles. The Morgan fingerprint density at radius 3 is 2.69 bits per heavy atom. The largest absolute Gasteiger partial charge is 0.465 e. The predicted molar refractivity (Wildman–Crippen MR) is 92.4 cm³/mol. The quantitative estimate of drug-likeness (QED) is 0.327. The van der Waals surface area contributed by atoms with Crippen LogP contribution in [0.1, 0.15) is 15.9 Å². The van der Waals surface area contributed by atoms with Crippen LogP contribution in [0.15, 0.2) is 52.1 Å². The number of fused-ring (bicyclic) bond motifs is 1. The van der Waals surface area contributed by atoms with Gasteiger partial charge in [-0.1, -0.05) is 12.1 Å². The number of aromatic amines is 1. The van der Waals surface area contributed by atoms with Crippen molar-refractivity contribution >= 4 is 22.7 Å². The first-order valence-electron chi connectivity index (χ1n) is 7.49. The molecular formula is C17H13N3O6. The van der Waals surface area contributed by atoms with E-state index in [1.54, 1.807) is 18.2 Å². The van der Waals surface area contributed by atoms with Gasteiger partial charge in [-0.3, -0.25) is 24.3 Å². The zero-order chi connectivity index (χ0) is 18.8. The third kappa shape index (κ3) is 3.09. The molecule has 0 saturated carbocycles. The zero-order valence-electron chi connectivity index (χ0n) is 13.6. The van der Waals surface area contributed by atoms with Crippen molar-refractivity contribution in [3.8, 4) is 0 Å². The summed E-state index contributed by atoms with van der Waals surface area (Å²) in [7, 11) is 1.25. The van der Waals surface area contributed by atoms with Gasteiger partial charge >= 0.3 is 17.1 Å². The normalized spacial score (nSPS) is 10.7. The van der Waals surface area contributed by atoms with Gasteiger partial charge < -0.3 is 9.72 Å². The number of carbonyl (C=O) groups excluding carboxylic acids is 1. The summed E-state index contributed by atoms with van der Waals surface area (Å²) in [5.41, 5.74) is -0.527. The Morgan fingerprint density at radius 1 is 1.23 bits per heavy atom. The molecule has 9 heteroatoms. The second-order valence-electron chi connectivity index (χ2n) is 5.50. The average molecular weight is 355 g/mol. The molecule has 0 unspecified atom stereocenters. The van der Waals surface area contributed by atoms with Gasteiger partial charge in [-0.2, -0.15) is 0 Å². The number of carbonyl (C=O) groups is 1. The highest BCUT2D eigenvalue weighted by Gasteiger charge is 2.14. The summed E-state index contributed by atoms with van der Waals surface area (Å²) in [5.74, 6) is -0.536. The summed E-state index contributed by atoms with van der Waals surface area (Å²) in [6.45, 7) is -0.0365. The first-order valence-corrected chi connectivity index (χ1v) is 7.49. The number of H-pyrrole nitrogens is 1. The number of hydrogen-bond acceptors (Lipinski definition) is 6. The Labute approximate surface area is 145 Å². The van der Waals surface area contributed by atoms with Gasteiger partial charge in [-0.15, -0.1) is 0 Å². The van der Waals surface area contributed by atoms with Crippen molar-refractivity contribution in [2.75, 3.05) is 7.11 Å². The Morgan fingerprint density at radius 2 is 2.00 bits per heavy atom. The summed E-state index contributed by atoms with van der Waals surface area (Å²) >= 11 is 0. The summed E-state index contributed by atoms with van der Waals surface area (Å²) < 4.78 is 5.80. The van der Waals surface area contributed by atoms with Gasteiger partial charge in [0, 0.05) is 12.1 Å². The van der Waals surface area contributed by atoms with Gasteiger partial charge in [0.15, 0.2) is 0 Å². The van der Waals surface area contributed by atoms with Crippen LogP contribution in [0, 0.1) is 10.1 Å². The Balaban J connectivity index is 2.18. The smallest absolute Gasteiger partial charge is 0.337 e. The molecule has 0 atom stereocenters. The number of esters is 1. The molecular weight excluding hydrogens is 342 g/mol. The van der Waals surface area contributed by atoms with Crippen molar-refractivity contribution in [1.82, 2.24) is 9.55 Å². The minimum absolute atomic E-state index is 0.0365. The molecule has 0 fully saturated rings. The maximum atomic E-state index is 12.3. The lowest BCUT2D eigenvalue weighted by molar-refractivity contribution is -0.384. The highest BCUT2D eigenvalue weighted by molar-refractivity contribution is 5.89. The molecule has 0 radical (unpaired) electrons. The molecule has 9 nitrogen and oxygen atoms in total. The van der Waals surface area contributed by atoms with E-state index in [0.29, 0.717) is 11.1 Å². The van der Waals surface area contributed by atoms with E-state index < -0.39 is 22.0 Å². The topological polar surface area (TPSA) is 124 Å². The van der Waals surface area contributed by atoms with Crippen molar-refractivity contribution in [1.29, 1.82) is 0 Å². The number of methoxy groups -OCH3 is 1. The lowest BCUT2D eigenvalue weighted by Crippen LogP contribution is -2.36. The van der Waals surface area contributed by atoms with E-state index in [2.05, 4.69) is 9.72 Å². The van der Waals surface area contributed by atoms with Crippen LogP contribution in [0.25, 0.3) is 11.0 Å². The molecule has 0 aliphatic rings. The number of benzene rings is 2. The van der Waals surface area contributed by atoms with E-state index in [4.69, 9.17) is 0 Å². The van der Waals surface area contributed by atoms with Crippen molar-refractivity contribution in [3.63, 3.8) is 0 Å². The van der Waals surface area contributed by atoms with Gasteiger partial charge in [-0.25, -0.2) is 4.79 Å². The number of nitro groups is 1. The van der Waals surface area contributed by atoms with Crippen LogP contribution in [0.5, 0.6) is 0 Å². The van der Waals surface area contributed by atoms with Crippen LogP contribution in [0.4, 0.5) is 5.69 Å². The fraction of sp³-hybridized carbons (Fsp3) is 0.118. The molecule has 0 saturated heterocycles. The van der Waals surface area contributed by atoms with E-state index >= 15 is 0 Å². The molecule has 3 aromatic rings. The maximum absolute atomic E-state index is 12.3. The van der Waals surface area contributed by atoms with E-state index in [1.165, 1.54) is 31.4 Å². The summed E-state index contributed by atoms with van der Waals surface area (Å²) in [5, 5.41) is 11.0. The molecule has 2 aromatic carbocycles. The minimum atomic E-state index is -0.846. The Hall–Kier alpha value is -3.75. The first kappa shape index (κ1) is 17.1. The fourth-order valence-corrected chi connectivity index (χ4v) is 2.62. The molecule has 0 aliphatic carbocycles. The molecule has 0 amide bonds. The molecule has 0 spiro atoms. The summed E-state index contributed by atoms with van der Waals surface area (Å²) in [4.78, 5) is 48.7. The van der Waals surface area contributed by atoms with E-state index in [-0.39, 0.29) is 23.3 Å². The van der Waals surface area contributed by atoms with Crippen molar-refractivity contribution in [2.24, 2.45) is 0 Å². The zero-order valence-corrected chi connectivity index (χ0v) is 13.6. The van der Waals surface area contributed by atoms with Gasteiger partial charge in [0.1, 0.15) is 0 Å². The SMILES string of the molecule is COC(=O)c1cccc(Cn2c(=O)c(=O)[nH]c3ccc([N+](=O)[O-])cc32)c1. The number of rotatable bonds is 4. The number of ether oxygens (including phenoxy) is 1. The first-order chi connectivity index (χ1) is 12.4. The molecule has 3 rings (SSSR count). The van der Waals surface area contributed by atoms with E-state index in [0.717, 1.165) is 4.57 Å². The van der Waals surface area contributed by atoms with Crippen LogP contribution in [0.3, 0.4) is 0 Å². The van der Waals surface area contributed by atoms with Crippen LogP contribution < -0.4 is 11.1 Å². The fourth-order valence-electron chi connectivity index (χ4n) is 2.62.